The highest BCUT2D eigenvalue weighted by Gasteiger charge is 2.12. The van der Waals surface area contributed by atoms with E-state index in [1.54, 1.807) is 6.07 Å². The summed E-state index contributed by atoms with van der Waals surface area (Å²) in [4.78, 5) is 0. The van der Waals surface area contributed by atoms with Gasteiger partial charge in [-0.25, -0.2) is 8.78 Å². The van der Waals surface area contributed by atoms with Crippen molar-refractivity contribution in [3.05, 3.63) is 35.4 Å². The van der Waals surface area contributed by atoms with Gasteiger partial charge < -0.3 is 5.73 Å². The third-order valence-corrected chi connectivity index (χ3v) is 2.81. The average Bonchev–Trinajstić information content (AvgIpc) is 2.28. The number of hydrogen-bond acceptors (Lipinski definition) is 1. The van der Waals surface area contributed by atoms with Crippen molar-refractivity contribution < 1.29 is 8.78 Å². The van der Waals surface area contributed by atoms with E-state index >= 15 is 0 Å². The highest BCUT2D eigenvalue weighted by Crippen LogP contribution is 2.27. The fourth-order valence-corrected chi connectivity index (χ4v) is 1.96. The summed E-state index contributed by atoms with van der Waals surface area (Å²) >= 11 is 0. The van der Waals surface area contributed by atoms with Crippen LogP contribution in [0.15, 0.2) is 18.2 Å². The van der Waals surface area contributed by atoms with Crippen LogP contribution >= 0.6 is 0 Å². The first-order valence-corrected chi connectivity index (χ1v) is 5.84. The minimum absolute atomic E-state index is 0.295. The van der Waals surface area contributed by atoms with Gasteiger partial charge in [-0.2, -0.15) is 0 Å². The molecule has 1 aromatic carbocycles. The van der Waals surface area contributed by atoms with Crippen LogP contribution in [0.25, 0.3) is 0 Å². The molecule has 0 aromatic heterocycles. The number of rotatable bonds is 6. The molecular weight excluding hydrogens is 208 g/mol. The summed E-state index contributed by atoms with van der Waals surface area (Å²) in [5, 5.41) is 0. The SMILES string of the molecule is CCCC(CCCN)c1ccc(F)c(F)c1. The molecule has 0 radical (unpaired) electrons. The Labute approximate surface area is 95.7 Å². The van der Waals surface area contributed by atoms with Gasteiger partial charge in [0.25, 0.3) is 0 Å². The van der Waals surface area contributed by atoms with Crippen molar-refractivity contribution in [3.63, 3.8) is 0 Å². The van der Waals surface area contributed by atoms with Gasteiger partial charge in [-0.1, -0.05) is 19.4 Å². The van der Waals surface area contributed by atoms with E-state index in [0.717, 1.165) is 31.2 Å². The molecule has 1 aromatic rings. The Kier molecular flexibility index (Phi) is 5.39. The van der Waals surface area contributed by atoms with Gasteiger partial charge in [0.1, 0.15) is 0 Å². The Bertz CT molecular complexity index is 326. The number of hydrogen-bond donors (Lipinski definition) is 1. The standard InChI is InChI=1S/C13H19F2N/c1-2-4-10(5-3-8-16)11-6-7-12(14)13(15)9-11/h6-7,9-10H,2-5,8,16H2,1H3. The monoisotopic (exact) mass is 227 g/mol. The maximum Gasteiger partial charge on any atom is 0.159 e. The predicted molar refractivity (Wildman–Crippen MR) is 62.3 cm³/mol. The minimum Gasteiger partial charge on any atom is -0.330 e. The van der Waals surface area contributed by atoms with Crippen molar-refractivity contribution in [2.24, 2.45) is 5.73 Å². The molecule has 0 amide bonds. The Morgan fingerprint density at radius 2 is 1.94 bits per heavy atom. The van der Waals surface area contributed by atoms with Crippen LogP contribution < -0.4 is 5.73 Å². The summed E-state index contributed by atoms with van der Waals surface area (Å²) < 4.78 is 25.9. The molecule has 90 valence electrons. The molecule has 2 N–H and O–H groups in total. The quantitative estimate of drug-likeness (QED) is 0.789. The molecule has 0 saturated heterocycles. The molecule has 16 heavy (non-hydrogen) atoms. The van der Waals surface area contributed by atoms with Crippen LogP contribution in [0.1, 0.15) is 44.1 Å². The second-order valence-corrected chi connectivity index (χ2v) is 4.09. The first-order valence-electron chi connectivity index (χ1n) is 5.84. The van der Waals surface area contributed by atoms with Crippen molar-refractivity contribution in [2.45, 2.75) is 38.5 Å². The molecule has 0 bridgehead atoms. The Hall–Kier alpha value is -0.960. The van der Waals surface area contributed by atoms with Gasteiger partial charge in [0.2, 0.25) is 0 Å². The summed E-state index contributed by atoms with van der Waals surface area (Å²) in [6.07, 6.45) is 3.89. The van der Waals surface area contributed by atoms with Gasteiger partial charge >= 0.3 is 0 Å². The second kappa shape index (κ2) is 6.59. The van der Waals surface area contributed by atoms with Crippen molar-refractivity contribution in [1.82, 2.24) is 0 Å². The molecule has 0 aliphatic rings. The zero-order valence-electron chi connectivity index (χ0n) is 9.68. The molecule has 1 atom stereocenters. The largest absolute Gasteiger partial charge is 0.330 e. The molecule has 0 fully saturated rings. The molecular formula is C13H19F2N. The Balaban J connectivity index is 2.78. The van der Waals surface area contributed by atoms with Crippen LogP contribution in [-0.2, 0) is 0 Å². The van der Waals surface area contributed by atoms with E-state index in [0.29, 0.717) is 12.5 Å². The lowest BCUT2D eigenvalue weighted by Crippen LogP contribution is -2.05. The summed E-state index contributed by atoms with van der Waals surface area (Å²) in [7, 11) is 0. The van der Waals surface area contributed by atoms with Crippen molar-refractivity contribution in [1.29, 1.82) is 0 Å². The zero-order chi connectivity index (χ0) is 12.0. The second-order valence-electron chi connectivity index (χ2n) is 4.09. The van der Waals surface area contributed by atoms with Crippen LogP contribution in [0.3, 0.4) is 0 Å². The lowest BCUT2D eigenvalue weighted by atomic mass is 9.90. The van der Waals surface area contributed by atoms with Gasteiger partial charge in [-0.05, 0) is 49.4 Å². The predicted octanol–water partition coefficient (Wildman–Crippen LogP) is 3.59. The van der Waals surface area contributed by atoms with Gasteiger partial charge in [-0.3, -0.25) is 0 Å². The lowest BCUT2D eigenvalue weighted by molar-refractivity contribution is 0.498. The van der Waals surface area contributed by atoms with Gasteiger partial charge in [0, 0.05) is 0 Å². The van der Waals surface area contributed by atoms with E-state index < -0.39 is 11.6 Å². The van der Waals surface area contributed by atoms with Crippen LogP contribution in [0, 0.1) is 11.6 Å². The normalized spacial score (nSPS) is 12.8. The molecule has 0 heterocycles. The molecule has 0 aliphatic heterocycles. The van der Waals surface area contributed by atoms with E-state index in [1.165, 1.54) is 12.1 Å². The van der Waals surface area contributed by atoms with E-state index in [-0.39, 0.29) is 0 Å². The first kappa shape index (κ1) is 13.1. The Morgan fingerprint density at radius 1 is 1.19 bits per heavy atom. The van der Waals surface area contributed by atoms with E-state index in [2.05, 4.69) is 6.92 Å². The molecule has 1 unspecified atom stereocenters. The van der Waals surface area contributed by atoms with E-state index in [4.69, 9.17) is 5.73 Å². The van der Waals surface area contributed by atoms with Crippen LogP contribution in [0.2, 0.25) is 0 Å². The number of halogens is 2. The maximum absolute atomic E-state index is 13.1. The van der Waals surface area contributed by atoms with Crippen LogP contribution in [-0.4, -0.2) is 6.54 Å². The van der Waals surface area contributed by atoms with E-state index in [9.17, 15) is 8.78 Å². The minimum atomic E-state index is -0.780. The highest BCUT2D eigenvalue weighted by molar-refractivity contribution is 5.21. The fourth-order valence-electron chi connectivity index (χ4n) is 1.96. The average molecular weight is 227 g/mol. The van der Waals surface area contributed by atoms with Crippen molar-refractivity contribution >= 4 is 0 Å². The smallest absolute Gasteiger partial charge is 0.159 e. The molecule has 0 aliphatic carbocycles. The van der Waals surface area contributed by atoms with Gasteiger partial charge in [0.15, 0.2) is 11.6 Å². The topological polar surface area (TPSA) is 26.0 Å². The molecule has 0 spiro atoms. The van der Waals surface area contributed by atoms with Gasteiger partial charge in [-0.15, -0.1) is 0 Å². The third kappa shape index (κ3) is 3.56. The first-order chi connectivity index (χ1) is 7.69. The van der Waals surface area contributed by atoms with E-state index in [1.807, 2.05) is 0 Å². The fraction of sp³-hybridized carbons (Fsp3) is 0.538. The molecule has 1 nitrogen and oxygen atoms in total. The summed E-state index contributed by atoms with van der Waals surface area (Å²) in [5.41, 5.74) is 6.35. The molecule has 1 rings (SSSR count). The Morgan fingerprint density at radius 3 is 2.50 bits per heavy atom. The summed E-state index contributed by atoms with van der Waals surface area (Å²) in [6, 6.07) is 4.19. The summed E-state index contributed by atoms with van der Waals surface area (Å²) in [6.45, 7) is 2.74. The van der Waals surface area contributed by atoms with Crippen LogP contribution in [0.4, 0.5) is 8.78 Å². The number of nitrogens with two attached hydrogens (primary N) is 1. The number of benzene rings is 1. The highest BCUT2D eigenvalue weighted by atomic mass is 19.2. The zero-order valence-corrected chi connectivity index (χ0v) is 9.68. The maximum atomic E-state index is 13.1. The lowest BCUT2D eigenvalue weighted by Gasteiger charge is -2.16. The van der Waals surface area contributed by atoms with Crippen molar-refractivity contribution in [3.8, 4) is 0 Å². The molecule has 3 heteroatoms. The van der Waals surface area contributed by atoms with Crippen molar-refractivity contribution in [2.75, 3.05) is 6.54 Å². The third-order valence-electron chi connectivity index (χ3n) is 2.81. The van der Waals surface area contributed by atoms with Gasteiger partial charge in [0.05, 0.1) is 0 Å². The summed E-state index contributed by atoms with van der Waals surface area (Å²) in [5.74, 6) is -1.24. The van der Waals surface area contributed by atoms with Crippen LogP contribution in [0.5, 0.6) is 0 Å². The molecule has 0 saturated carbocycles.